The molecule has 1 aromatic heterocycles. The third-order valence-electron chi connectivity index (χ3n) is 2.06. The lowest BCUT2D eigenvalue weighted by molar-refractivity contribution is 0.0599. The molecule has 5 heteroatoms. The molecule has 0 aliphatic carbocycles. The van der Waals surface area contributed by atoms with Crippen LogP contribution < -0.4 is 0 Å². The van der Waals surface area contributed by atoms with Crippen LogP contribution in [0.2, 0.25) is 5.15 Å². The molecule has 0 saturated carbocycles. The molecule has 0 saturated heterocycles. The minimum Gasteiger partial charge on any atom is -0.465 e. The van der Waals surface area contributed by atoms with Gasteiger partial charge in [-0.3, -0.25) is 0 Å². The minimum atomic E-state index is -0.573. The number of ether oxygens (including phenoxy) is 1. The van der Waals surface area contributed by atoms with E-state index in [9.17, 15) is 4.79 Å². The van der Waals surface area contributed by atoms with Gasteiger partial charge in [-0.15, -0.1) is 0 Å². The second-order valence-electron chi connectivity index (χ2n) is 2.97. The van der Waals surface area contributed by atoms with Gasteiger partial charge in [-0.25, -0.2) is 9.78 Å². The van der Waals surface area contributed by atoms with Crippen molar-refractivity contribution >= 4 is 17.6 Å². The molecule has 1 rings (SSSR count). The predicted molar refractivity (Wildman–Crippen MR) is 54.8 cm³/mol. The van der Waals surface area contributed by atoms with Crippen molar-refractivity contribution in [1.82, 2.24) is 4.98 Å². The number of hydrogen-bond acceptors (Lipinski definition) is 4. The zero-order chi connectivity index (χ0) is 11.6. The fraction of sp³-hybridized carbons (Fsp3) is 0.300. The number of halogens is 1. The fourth-order valence-electron chi connectivity index (χ4n) is 1.25. The molecule has 78 valence electrons. The monoisotopic (exact) mass is 224 g/mol. The summed E-state index contributed by atoms with van der Waals surface area (Å²) in [4.78, 5) is 15.4. The van der Waals surface area contributed by atoms with Crippen molar-refractivity contribution in [2.45, 2.75) is 13.8 Å². The Morgan fingerprint density at radius 3 is 2.60 bits per heavy atom. The molecule has 0 amide bonds. The Kier molecular flexibility index (Phi) is 3.28. The molecular formula is C10H9ClN2O2. The number of pyridine rings is 1. The van der Waals surface area contributed by atoms with Crippen LogP contribution in [-0.4, -0.2) is 18.1 Å². The van der Waals surface area contributed by atoms with E-state index in [1.807, 2.05) is 6.07 Å². The molecule has 0 fully saturated rings. The number of carbonyl (C=O) groups is 1. The first kappa shape index (κ1) is 11.5. The molecule has 0 aliphatic rings. The third kappa shape index (κ3) is 1.92. The largest absolute Gasteiger partial charge is 0.465 e. The number of carbonyl (C=O) groups excluding carboxylic acids is 1. The second kappa shape index (κ2) is 4.28. The Morgan fingerprint density at radius 2 is 2.13 bits per heavy atom. The molecule has 0 spiro atoms. The van der Waals surface area contributed by atoms with Crippen molar-refractivity contribution in [1.29, 1.82) is 5.26 Å². The average molecular weight is 225 g/mol. The fourth-order valence-corrected chi connectivity index (χ4v) is 1.47. The van der Waals surface area contributed by atoms with E-state index in [2.05, 4.69) is 9.72 Å². The molecule has 0 radical (unpaired) electrons. The summed E-state index contributed by atoms with van der Waals surface area (Å²) in [6.07, 6.45) is 0. The topological polar surface area (TPSA) is 63.0 Å². The Hall–Kier alpha value is -1.60. The SMILES string of the molecule is COC(=O)c1c(C)nc(Cl)c(C)c1C#N. The van der Waals surface area contributed by atoms with E-state index >= 15 is 0 Å². The van der Waals surface area contributed by atoms with Crippen molar-refractivity contribution in [2.75, 3.05) is 7.11 Å². The van der Waals surface area contributed by atoms with E-state index in [4.69, 9.17) is 16.9 Å². The molecule has 0 aliphatic heterocycles. The van der Waals surface area contributed by atoms with Crippen LogP contribution in [0.3, 0.4) is 0 Å². The first-order valence-corrected chi connectivity index (χ1v) is 4.55. The molecule has 1 aromatic rings. The zero-order valence-corrected chi connectivity index (χ0v) is 9.34. The van der Waals surface area contributed by atoms with Crippen molar-refractivity contribution in [2.24, 2.45) is 0 Å². The summed E-state index contributed by atoms with van der Waals surface area (Å²) in [5.74, 6) is -0.573. The summed E-state index contributed by atoms with van der Waals surface area (Å²) in [5.41, 5.74) is 1.29. The van der Waals surface area contributed by atoms with E-state index in [0.29, 0.717) is 11.3 Å². The van der Waals surface area contributed by atoms with Gasteiger partial charge in [0.25, 0.3) is 0 Å². The van der Waals surface area contributed by atoms with Gasteiger partial charge in [-0.05, 0) is 13.8 Å². The lowest BCUT2D eigenvalue weighted by Crippen LogP contribution is -2.10. The molecule has 15 heavy (non-hydrogen) atoms. The number of esters is 1. The first-order valence-electron chi connectivity index (χ1n) is 4.18. The number of hydrogen-bond donors (Lipinski definition) is 0. The van der Waals surface area contributed by atoms with Crippen LogP contribution in [0.4, 0.5) is 0 Å². The number of aromatic nitrogens is 1. The maximum absolute atomic E-state index is 11.4. The second-order valence-corrected chi connectivity index (χ2v) is 3.32. The molecule has 4 nitrogen and oxygen atoms in total. The van der Waals surface area contributed by atoms with Crippen LogP contribution in [0.1, 0.15) is 27.2 Å². The number of aryl methyl sites for hydroxylation is 1. The number of nitrogens with zero attached hydrogens (tertiary/aromatic N) is 2. The highest BCUT2D eigenvalue weighted by Crippen LogP contribution is 2.23. The Morgan fingerprint density at radius 1 is 1.53 bits per heavy atom. The number of rotatable bonds is 1. The highest BCUT2D eigenvalue weighted by molar-refractivity contribution is 6.30. The van der Waals surface area contributed by atoms with Crippen LogP contribution in [0.5, 0.6) is 0 Å². The van der Waals surface area contributed by atoms with Crippen LogP contribution >= 0.6 is 11.6 Å². The lowest BCUT2D eigenvalue weighted by Gasteiger charge is -2.08. The molecule has 1 heterocycles. The molecular weight excluding hydrogens is 216 g/mol. The van der Waals surface area contributed by atoms with E-state index in [1.165, 1.54) is 7.11 Å². The standard InChI is InChI=1S/C10H9ClN2O2/c1-5-7(4-12)8(10(14)15-3)6(2)13-9(5)11/h1-3H3. The van der Waals surface area contributed by atoms with Crippen LogP contribution in [0.15, 0.2) is 0 Å². The van der Waals surface area contributed by atoms with Crippen LogP contribution in [-0.2, 0) is 4.74 Å². The van der Waals surface area contributed by atoms with E-state index in [-0.39, 0.29) is 16.3 Å². The molecule has 0 N–H and O–H groups in total. The molecule has 0 unspecified atom stereocenters. The van der Waals surface area contributed by atoms with E-state index in [1.54, 1.807) is 13.8 Å². The van der Waals surface area contributed by atoms with Crippen molar-refractivity contribution in [3.8, 4) is 6.07 Å². The highest BCUT2D eigenvalue weighted by Gasteiger charge is 2.20. The van der Waals surface area contributed by atoms with Crippen molar-refractivity contribution in [3.63, 3.8) is 0 Å². The van der Waals surface area contributed by atoms with E-state index < -0.39 is 5.97 Å². The normalized spacial score (nSPS) is 9.53. The molecule has 0 aromatic carbocycles. The third-order valence-corrected chi connectivity index (χ3v) is 2.43. The summed E-state index contributed by atoms with van der Waals surface area (Å²) in [7, 11) is 1.26. The summed E-state index contributed by atoms with van der Waals surface area (Å²) in [5, 5.41) is 9.18. The van der Waals surface area contributed by atoms with Gasteiger partial charge in [-0.2, -0.15) is 5.26 Å². The predicted octanol–water partition coefficient (Wildman–Crippen LogP) is 2.01. The summed E-state index contributed by atoms with van der Waals surface area (Å²) in [6.45, 7) is 3.25. The summed E-state index contributed by atoms with van der Waals surface area (Å²) >= 11 is 5.80. The molecule has 0 bridgehead atoms. The van der Waals surface area contributed by atoms with Crippen LogP contribution in [0.25, 0.3) is 0 Å². The number of methoxy groups -OCH3 is 1. The zero-order valence-electron chi connectivity index (χ0n) is 8.59. The molecule has 0 atom stereocenters. The number of nitriles is 1. The quantitative estimate of drug-likeness (QED) is 0.541. The Bertz CT molecular complexity index is 463. The smallest absolute Gasteiger partial charge is 0.341 e. The average Bonchev–Trinajstić information content (AvgIpc) is 2.21. The van der Waals surface area contributed by atoms with Gasteiger partial charge in [0, 0.05) is 5.56 Å². The lowest BCUT2D eigenvalue weighted by atomic mass is 10.0. The van der Waals surface area contributed by atoms with Crippen molar-refractivity contribution in [3.05, 3.63) is 27.5 Å². The Labute approximate surface area is 92.4 Å². The van der Waals surface area contributed by atoms with Gasteiger partial charge in [0.1, 0.15) is 11.2 Å². The first-order chi connectivity index (χ1) is 7.02. The van der Waals surface area contributed by atoms with Gasteiger partial charge in [0.05, 0.1) is 23.9 Å². The van der Waals surface area contributed by atoms with Gasteiger partial charge >= 0.3 is 5.97 Å². The van der Waals surface area contributed by atoms with E-state index in [0.717, 1.165) is 0 Å². The van der Waals surface area contributed by atoms with Crippen LogP contribution in [0, 0.1) is 25.2 Å². The maximum atomic E-state index is 11.4. The summed E-state index contributed by atoms with van der Waals surface area (Å²) in [6, 6.07) is 1.94. The summed E-state index contributed by atoms with van der Waals surface area (Å²) < 4.78 is 4.58. The maximum Gasteiger partial charge on any atom is 0.341 e. The van der Waals surface area contributed by atoms with Gasteiger partial charge in [0.2, 0.25) is 0 Å². The highest BCUT2D eigenvalue weighted by atomic mass is 35.5. The van der Waals surface area contributed by atoms with Crippen molar-refractivity contribution < 1.29 is 9.53 Å². The Balaban J connectivity index is 3.58. The minimum absolute atomic E-state index is 0.182. The van der Waals surface area contributed by atoms with Gasteiger partial charge < -0.3 is 4.74 Å². The van der Waals surface area contributed by atoms with Gasteiger partial charge in [-0.1, -0.05) is 11.6 Å². The van der Waals surface area contributed by atoms with Gasteiger partial charge in [0.15, 0.2) is 0 Å².